The second-order valence-electron chi connectivity index (χ2n) is 18.4. The van der Waals surface area contributed by atoms with Gasteiger partial charge in [-0.2, -0.15) is 4.57 Å². The van der Waals surface area contributed by atoms with Crippen molar-refractivity contribution in [3.8, 4) is 55.8 Å². The second kappa shape index (κ2) is 16.6. The first-order valence-corrected chi connectivity index (χ1v) is 23.6. The van der Waals surface area contributed by atoms with E-state index in [0.717, 1.165) is 6.42 Å². The molecule has 64 heavy (non-hydrogen) atoms. The van der Waals surface area contributed by atoms with E-state index in [0.29, 0.717) is 23.9 Å². The van der Waals surface area contributed by atoms with Crippen LogP contribution < -0.4 is 4.57 Å². The van der Waals surface area contributed by atoms with E-state index in [9.17, 15) is 0 Å². The average Bonchev–Trinajstić information content (AvgIpc) is 4.03. The van der Waals surface area contributed by atoms with Gasteiger partial charge in [0, 0.05) is 23.9 Å². The summed E-state index contributed by atoms with van der Waals surface area (Å²) in [4.78, 5) is 2.65. The van der Waals surface area contributed by atoms with Gasteiger partial charge in [-0.25, -0.2) is 0 Å². The lowest BCUT2D eigenvalue weighted by molar-refractivity contribution is -0.695. The Bertz CT molecular complexity index is 3010. The monoisotopic (exact) mass is 825 g/mol. The van der Waals surface area contributed by atoms with Crippen molar-refractivity contribution in [1.29, 1.82) is 0 Å². The molecule has 0 amide bonds. The minimum atomic E-state index is 0.238. The molecular weight excluding hydrogens is 773 g/mol. The third-order valence-corrected chi connectivity index (χ3v) is 14.6. The average molecular weight is 826 g/mol. The van der Waals surface area contributed by atoms with Crippen LogP contribution in [0.15, 0.2) is 219 Å². The van der Waals surface area contributed by atoms with Crippen molar-refractivity contribution in [3.05, 3.63) is 246 Å². The Labute approximate surface area is 378 Å². The number of aromatic nitrogens is 1. The van der Waals surface area contributed by atoms with Gasteiger partial charge in [-0.1, -0.05) is 165 Å². The lowest BCUT2D eigenvalue weighted by Gasteiger charge is -2.29. The Morgan fingerprint density at radius 2 is 1.00 bits per heavy atom. The highest BCUT2D eigenvalue weighted by molar-refractivity contribution is 5.79. The van der Waals surface area contributed by atoms with Gasteiger partial charge in [0.15, 0.2) is 12.2 Å². The predicted molar refractivity (Wildman–Crippen MR) is 263 cm³/mol. The van der Waals surface area contributed by atoms with Crippen LogP contribution in [0, 0.1) is 5.92 Å². The molecule has 4 heterocycles. The van der Waals surface area contributed by atoms with Crippen molar-refractivity contribution >= 4 is 0 Å². The van der Waals surface area contributed by atoms with E-state index in [2.05, 4.69) is 228 Å². The van der Waals surface area contributed by atoms with Crippen LogP contribution in [0.3, 0.4) is 0 Å². The SMILES string of the molecule is C1=CC2c3cc(-c4cccc(-c5cccc(-c6cccc(-c7cccc(CCCCCCc8ccccc8)c7)c6)c5)c4)ccc3C(C3C4c5ccccc5-c5cccc[n+]5C43)N2C=C1. The summed E-state index contributed by atoms with van der Waals surface area (Å²) in [5.74, 6) is 1.01. The quantitative estimate of drug-likeness (QED) is 0.0879. The normalized spacial score (nSPS) is 19.6. The molecule has 1 saturated carbocycles. The van der Waals surface area contributed by atoms with Gasteiger partial charge in [0.25, 0.3) is 0 Å². The Kier molecular flexibility index (Phi) is 10.0. The summed E-state index contributed by atoms with van der Waals surface area (Å²) in [6.07, 6.45) is 18.9. The number of hydrogen-bond donors (Lipinski definition) is 0. The van der Waals surface area contributed by atoms with Crippen molar-refractivity contribution in [2.75, 3.05) is 0 Å². The van der Waals surface area contributed by atoms with Crippen molar-refractivity contribution in [3.63, 3.8) is 0 Å². The summed E-state index contributed by atoms with van der Waals surface area (Å²) < 4.78 is 2.57. The van der Waals surface area contributed by atoms with Crippen LogP contribution in [0.1, 0.15) is 77.5 Å². The molecule has 5 atom stereocenters. The van der Waals surface area contributed by atoms with Crippen molar-refractivity contribution in [2.24, 2.45) is 5.92 Å². The van der Waals surface area contributed by atoms with E-state index >= 15 is 0 Å². The number of allylic oxidation sites excluding steroid dienone is 2. The molecule has 7 aromatic carbocycles. The Morgan fingerprint density at radius 3 is 1.70 bits per heavy atom. The highest BCUT2D eigenvalue weighted by Crippen LogP contribution is 2.68. The van der Waals surface area contributed by atoms with Gasteiger partial charge in [-0.05, 0) is 140 Å². The van der Waals surface area contributed by atoms with Crippen molar-refractivity contribution in [2.45, 2.75) is 62.6 Å². The molecular formula is C62H53N2+. The molecule has 1 aromatic heterocycles. The zero-order chi connectivity index (χ0) is 42.4. The standard InChI is InChI=1S/C62H53N2/c1(4-18-43-19-6-3-7-20-43)2-5-21-44-22-14-23-45(38-44)46-24-15-25-47(39-46)48-26-16-27-49(40-48)50-28-17-29-51(41-50)52-34-35-55-56(42-52)58-33-11-12-36-63(58)61(55)60-59-54-31-9-8-30-53(54)57-32-10-13-37-64(57)62(59)60/h3,6-17,19-20,22-42,58-62H,1-2,4-5,18,21H2/q+1. The van der Waals surface area contributed by atoms with Gasteiger partial charge >= 0.3 is 0 Å². The number of fused-ring (bicyclic) bond motifs is 9. The summed E-state index contributed by atoms with van der Waals surface area (Å²) in [6.45, 7) is 0. The maximum Gasteiger partial charge on any atom is 0.213 e. The van der Waals surface area contributed by atoms with E-state index in [1.165, 1.54) is 116 Å². The van der Waals surface area contributed by atoms with Crippen molar-refractivity contribution < 1.29 is 4.57 Å². The first-order chi connectivity index (χ1) is 31.7. The summed E-state index contributed by atoms with van der Waals surface area (Å²) in [6, 6.07) is 71.5. The van der Waals surface area contributed by atoms with Gasteiger partial charge in [0.1, 0.15) is 0 Å². The van der Waals surface area contributed by atoms with Crippen LogP contribution >= 0.6 is 0 Å². The first-order valence-electron chi connectivity index (χ1n) is 23.6. The minimum absolute atomic E-state index is 0.238. The fraction of sp³-hybridized carbons (Fsp3) is 0.177. The largest absolute Gasteiger partial charge is 0.359 e. The molecule has 2 heteroatoms. The van der Waals surface area contributed by atoms with Crippen LogP contribution in [0.25, 0.3) is 55.8 Å². The molecule has 1 aliphatic carbocycles. The first kappa shape index (κ1) is 38.6. The number of pyridine rings is 1. The second-order valence-corrected chi connectivity index (χ2v) is 18.4. The van der Waals surface area contributed by atoms with Crippen molar-refractivity contribution in [1.82, 2.24) is 4.90 Å². The zero-order valence-electron chi connectivity index (χ0n) is 36.3. The topological polar surface area (TPSA) is 7.12 Å². The van der Waals surface area contributed by atoms with Gasteiger partial charge in [0.05, 0.1) is 23.9 Å². The molecule has 0 saturated heterocycles. The van der Waals surface area contributed by atoms with E-state index < -0.39 is 0 Å². The number of hydrogen-bond acceptors (Lipinski definition) is 1. The maximum absolute atomic E-state index is 2.65. The summed E-state index contributed by atoms with van der Waals surface area (Å²) in [5, 5.41) is 0. The van der Waals surface area contributed by atoms with Gasteiger partial charge in [0.2, 0.25) is 5.69 Å². The molecule has 3 aliphatic heterocycles. The molecule has 4 aliphatic rings. The molecule has 12 rings (SSSR count). The third kappa shape index (κ3) is 7.12. The molecule has 1 fully saturated rings. The van der Waals surface area contributed by atoms with Gasteiger partial charge in [-0.15, -0.1) is 0 Å². The molecule has 310 valence electrons. The van der Waals surface area contributed by atoms with Crippen LogP contribution in [-0.2, 0) is 12.8 Å². The molecule has 0 bridgehead atoms. The number of rotatable bonds is 12. The van der Waals surface area contributed by atoms with Gasteiger partial charge in [-0.3, -0.25) is 0 Å². The Hall–Kier alpha value is -7.03. The molecule has 0 radical (unpaired) electrons. The van der Waals surface area contributed by atoms with E-state index in [4.69, 9.17) is 0 Å². The molecule has 0 spiro atoms. The van der Waals surface area contributed by atoms with Crippen LogP contribution in [-0.4, -0.2) is 4.90 Å². The number of nitrogens with zero attached hydrogens (tertiary/aromatic N) is 2. The van der Waals surface area contributed by atoms with E-state index in [1.54, 1.807) is 0 Å². The van der Waals surface area contributed by atoms with E-state index in [1.807, 2.05) is 0 Å². The fourth-order valence-corrected chi connectivity index (χ4v) is 11.5. The van der Waals surface area contributed by atoms with Gasteiger partial charge < -0.3 is 4.90 Å². The van der Waals surface area contributed by atoms with E-state index in [-0.39, 0.29) is 6.04 Å². The lowest BCUT2D eigenvalue weighted by Crippen LogP contribution is -2.38. The Balaban J connectivity index is 0.772. The maximum atomic E-state index is 2.65. The summed E-state index contributed by atoms with van der Waals surface area (Å²) >= 11 is 0. The Morgan fingerprint density at radius 1 is 0.422 bits per heavy atom. The predicted octanol–water partition coefficient (Wildman–Crippen LogP) is 15.1. The highest BCUT2D eigenvalue weighted by atomic mass is 15.2. The molecule has 0 N–H and O–H groups in total. The molecule has 8 aromatic rings. The number of benzene rings is 7. The smallest absolute Gasteiger partial charge is 0.213 e. The van der Waals surface area contributed by atoms with Crippen LogP contribution in [0.4, 0.5) is 0 Å². The third-order valence-electron chi connectivity index (χ3n) is 14.6. The molecule has 2 nitrogen and oxygen atoms in total. The van der Waals surface area contributed by atoms with Crippen LogP contribution in [0.2, 0.25) is 0 Å². The lowest BCUT2D eigenvalue weighted by atomic mass is 9.91. The summed E-state index contributed by atoms with van der Waals surface area (Å²) in [5.41, 5.74) is 20.1. The fourth-order valence-electron chi connectivity index (χ4n) is 11.5. The summed E-state index contributed by atoms with van der Waals surface area (Å²) in [7, 11) is 0. The zero-order valence-corrected chi connectivity index (χ0v) is 36.3. The number of unbranched alkanes of at least 4 members (excludes halogenated alkanes) is 3. The van der Waals surface area contributed by atoms with Crippen LogP contribution in [0.5, 0.6) is 0 Å². The molecule has 5 unspecified atom stereocenters. The minimum Gasteiger partial charge on any atom is -0.359 e. The highest BCUT2D eigenvalue weighted by Gasteiger charge is 2.67. The number of aryl methyl sites for hydroxylation is 2.